The molecule has 0 spiro atoms. The number of ketones is 1. The number of carbonyl (C=O) groups excluding carboxylic acids is 1. The minimum absolute atomic E-state index is 0.176. The van der Waals surface area contributed by atoms with Crippen molar-refractivity contribution in [3.63, 3.8) is 0 Å². The van der Waals surface area contributed by atoms with E-state index < -0.39 is 0 Å². The first kappa shape index (κ1) is 16.3. The number of benzene rings is 2. The molecule has 0 saturated heterocycles. The lowest BCUT2D eigenvalue weighted by molar-refractivity contribution is 0.103. The van der Waals surface area contributed by atoms with Gasteiger partial charge in [-0.3, -0.25) is 4.79 Å². The SMILES string of the molecule is CCCOc1ccc(C(=O)c2cccc(Cl)c2Cl)cc1Br. The van der Waals surface area contributed by atoms with Gasteiger partial charge in [-0.1, -0.05) is 36.2 Å². The van der Waals surface area contributed by atoms with E-state index in [1.165, 1.54) is 0 Å². The highest BCUT2D eigenvalue weighted by Crippen LogP contribution is 2.30. The van der Waals surface area contributed by atoms with Crippen LogP contribution in [0.4, 0.5) is 0 Å². The van der Waals surface area contributed by atoms with E-state index in [2.05, 4.69) is 15.9 Å². The monoisotopic (exact) mass is 386 g/mol. The molecular formula is C16H13BrCl2O2. The highest BCUT2D eigenvalue weighted by atomic mass is 79.9. The first-order valence-corrected chi connectivity index (χ1v) is 8.00. The molecule has 2 rings (SSSR count). The zero-order valence-corrected chi connectivity index (χ0v) is 14.4. The lowest BCUT2D eigenvalue weighted by atomic mass is 10.0. The third-order valence-electron chi connectivity index (χ3n) is 2.85. The molecule has 2 aromatic rings. The summed E-state index contributed by atoms with van der Waals surface area (Å²) in [7, 11) is 0. The van der Waals surface area contributed by atoms with Gasteiger partial charge in [0.25, 0.3) is 0 Å². The van der Waals surface area contributed by atoms with Crippen LogP contribution >= 0.6 is 39.1 Å². The maximum Gasteiger partial charge on any atom is 0.194 e. The summed E-state index contributed by atoms with van der Waals surface area (Å²) in [4.78, 5) is 12.5. The summed E-state index contributed by atoms with van der Waals surface area (Å²) in [6.45, 7) is 2.67. The van der Waals surface area contributed by atoms with Crippen LogP contribution in [0.15, 0.2) is 40.9 Å². The van der Waals surface area contributed by atoms with Gasteiger partial charge >= 0.3 is 0 Å². The Morgan fingerprint density at radius 2 is 2.00 bits per heavy atom. The summed E-state index contributed by atoms with van der Waals surface area (Å²) in [6, 6.07) is 10.2. The van der Waals surface area contributed by atoms with E-state index in [4.69, 9.17) is 27.9 Å². The number of carbonyl (C=O) groups is 1. The van der Waals surface area contributed by atoms with Crippen molar-refractivity contribution in [3.05, 3.63) is 62.0 Å². The summed E-state index contributed by atoms with van der Waals surface area (Å²) in [5.74, 6) is 0.538. The Morgan fingerprint density at radius 1 is 1.24 bits per heavy atom. The van der Waals surface area contributed by atoms with Crippen molar-refractivity contribution in [1.29, 1.82) is 0 Å². The van der Waals surface area contributed by atoms with Gasteiger partial charge in [0.05, 0.1) is 21.1 Å². The molecule has 2 aromatic carbocycles. The zero-order valence-electron chi connectivity index (χ0n) is 11.3. The van der Waals surface area contributed by atoms with Crippen molar-refractivity contribution in [3.8, 4) is 5.75 Å². The molecule has 5 heteroatoms. The third-order valence-corrected chi connectivity index (χ3v) is 4.29. The number of rotatable bonds is 5. The molecule has 0 N–H and O–H groups in total. The summed E-state index contributed by atoms with van der Waals surface area (Å²) < 4.78 is 6.30. The summed E-state index contributed by atoms with van der Waals surface area (Å²) in [5, 5.41) is 0.635. The van der Waals surface area contributed by atoms with Crippen LogP contribution in [0.25, 0.3) is 0 Å². The Balaban J connectivity index is 2.32. The van der Waals surface area contributed by atoms with E-state index in [-0.39, 0.29) is 10.8 Å². The van der Waals surface area contributed by atoms with Crippen molar-refractivity contribution < 1.29 is 9.53 Å². The zero-order chi connectivity index (χ0) is 15.4. The van der Waals surface area contributed by atoms with E-state index in [1.54, 1.807) is 36.4 Å². The second-order valence-electron chi connectivity index (χ2n) is 4.42. The van der Waals surface area contributed by atoms with Gasteiger partial charge in [-0.05, 0) is 52.7 Å². The molecular weight excluding hydrogens is 375 g/mol. The van der Waals surface area contributed by atoms with Gasteiger partial charge in [0.15, 0.2) is 5.78 Å². The van der Waals surface area contributed by atoms with Gasteiger partial charge in [0.2, 0.25) is 0 Å². The maximum absolute atomic E-state index is 12.5. The standard InChI is InChI=1S/C16H13BrCl2O2/c1-2-8-21-14-7-6-10(9-12(14)17)16(20)11-4-3-5-13(18)15(11)19/h3-7,9H,2,8H2,1H3. The fourth-order valence-electron chi connectivity index (χ4n) is 1.81. The number of hydrogen-bond donors (Lipinski definition) is 0. The van der Waals surface area contributed by atoms with Gasteiger partial charge < -0.3 is 4.74 Å². The first-order valence-electron chi connectivity index (χ1n) is 6.45. The van der Waals surface area contributed by atoms with Crippen LogP contribution in [0.3, 0.4) is 0 Å². The molecule has 21 heavy (non-hydrogen) atoms. The van der Waals surface area contributed by atoms with E-state index in [1.807, 2.05) is 6.92 Å². The molecule has 0 bridgehead atoms. The van der Waals surface area contributed by atoms with Crippen LogP contribution in [-0.4, -0.2) is 12.4 Å². The normalized spacial score (nSPS) is 10.5. The molecule has 0 saturated carbocycles. The van der Waals surface area contributed by atoms with Crippen molar-refractivity contribution in [2.45, 2.75) is 13.3 Å². The summed E-state index contributed by atoms with van der Waals surface area (Å²) in [5.41, 5.74) is 0.910. The number of hydrogen-bond acceptors (Lipinski definition) is 2. The predicted molar refractivity (Wildman–Crippen MR) is 89.8 cm³/mol. The first-order chi connectivity index (χ1) is 10.0. The van der Waals surface area contributed by atoms with Crippen LogP contribution in [0.5, 0.6) is 5.75 Å². The van der Waals surface area contributed by atoms with Gasteiger partial charge in [-0.2, -0.15) is 0 Å². The number of halogens is 3. The van der Waals surface area contributed by atoms with Crippen LogP contribution in [0, 0.1) is 0 Å². The largest absolute Gasteiger partial charge is 0.492 e. The Hall–Kier alpha value is -1.03. The van der Waals surface area contributed by atoms with E-state index in [0.29, 0.717) is 28.5 Å². The second kappa shape index (κ2) is 7.30. The molecule has 0 amide bonds. The number of ether oxygens (including phenoxy) is 1. The maximum atomic E-state index is 12.5. The average molecular weight is 388 g/mol. The minimum Gasteiger partial charge on any atom is -0.492 e. The fraction of sp³-hybridized carbons (Fsp3) is 0.188. The molecule has 0 fully saturated rings. The van der Waals surface area contributed by atoms with Crippen molar-refractivity contribution in [2.24, 2.45) is 0 Å². The Morgan fingerprint density at radius 3 is 2.67 bits per heavy atom. The Kier molecular flexibility index (Phi) is 5.68. The third kappa shape index (κ3) is 3.79. The van der Waals surface area contributed by atoms with Gasteiger partial charge in [-0.25, -0.2) is 0 Å². The van der Waals surface area contributed by atoms with Crippen molar-refractivity contribution in [1.82, 2.24) is 0 Å². The molecule has 0 radical (unpaired) electrons. The second-order valence-corrected chi connectivity index (χ2v) is 6.06. The predicted octanol–water partition coefficient (Wildman–Crippen LogP) is 5.78. The lowest BCUT2D eigenvalue weighted by Crippen LogP contribution is -2.03. The molecule has 0 unspecified atom stereocenters. The van der Waals surface area contributed by atoms with Crippen LogP contribution < -0.4 is 4.74 Å². The smallest absolute Gasteiger partial charge is 0.194 e. The topological polar surface area (TPSA) is 26.3 Å². The van der Waals surface area contributed by atoms with Gasteiger partial charge in [0.1, 0.15) is 5.75 Å². The van der Waals surface area contributed by atoms with Crippen LogP contribution in [0.1, 0.15) is 29.3 Å². The highest BCUT2D eigenvalue weighted by Gasteiger charge is 2.16. The average Bonchev–Trinajstić information content (AvgIpc) is 2.48. The lowest BCUT2D eigenvalue weighted by Gasteiger charge is -2.09. The van der Waals surface area contributed by atoms with Gasteiger partial charge in [0, 0.05) is 11.1 Å². The fourth-order valence-corrected chi connectivity index (χ4v) is 2.69. The summed E-state index contributed by atoms with van der Waals surface area (Å²) in [6.07, 6.45) is 0.922. The molecule has 0 aliphatic rings. The molecule has 0 aromatic heterocycles. The Labute approximate surface area is 142 Å². The van der Waals surface area contributed by atoms with Crippen molar-refractivity contribution in [2.75, 3.05) is 6.61 Å². The molecule has 2 nitrogen and oxygen atoms in total. The highest BCUT2D eigenvalue weighted by molar-refractivity contribution is 9.10. The van der Waals surface area contributed by atoms with Gasteiger partial charge in [-0.15, -0.1) is 0 Å². The quantitative estimate of drug-likeness (QED) is 0.608. The van der Waals surface area contributed by atoms with E-state index >= 15 is 0 Å². The molecule has 110 valence electrons. The molecule has 0 aliphatic heterocycles. The summed E-state index contributed by atoms with van der Waals surface area (Å²) >= 11 is 15.4. The van der Waals surface area contributed by atoms with E-state index in [9.17, 15) is 4.79 Å². The molecule has 0 heterocycles. The van der Waals surface area contributed by atoms with Crippen molar-refractivity contribution >= 4 is 44.9 Å². The van der Waals surface area contributed by atoms with E-state index in [0.717, 1.165) is 10.9 Å². The molecule has 0 atom stereocenters. The van der Waals surface area contributed by atoms with Crippen LogP contribution in [-0.2, 0) is 0 Å². The Bertz CT molecular complexity index is 671. The molecule has 0 aliphatic carbocycles. The minimum atomic E-state index is -0.176. The van der Waals surface area contributed by atoms with Crippen LogP contribution in [0.2, 0.25) is 10.0 Å².